The van der Waals surface area contributed by atoms with Crippen molar-refractivity contribution in [1.29, 1.82) is 0 Å². The van der Waals surface area contributed by atoms with Crippen LogP contribution in [-0.4, -0.2) is 11.8 Å². The minimum Gasteiger partial charge on any atom is -0.327 e. The highest BCUT2D eigenvalue weighted by Gasteiger charge is 2.10. The van der Waals surface area contributed by atoms with E-state index in [1.54, 1.807) is 0 Å². The molecule has 1 rings (SSSR count). The van der Waals surface area contributed by atoms with E-state index < -0.39 is 0 Å². The predicted molar refractivity (Wildman–Crippen MR) is 67.7 cm³/mol. The summed E-state index contributed by atoms with van der Waals surface area (Å²) < 4.78 is 0. The Morgan fingerprint density at radius 2 is 1.81 bits per heavy atom. The lowest BCUT2D eigenvalue weighted by molar-refractivity contribution is 0.0974. The third kappa shape index (κ3) is 3.46. The number of benzene rings is 1. The van der Waals surface area contributed by atoms with Crippen LogP contribution in [0.15, 0.2) is 24.3 Å². The zero-order valence-corrected chi connectivity index (χ0v) is 10.4. The molecule has 2 N–H and O–H groups in total. The van der Waals surface area contributed by atoms with Crippen molar-refractivity contribution < 1.29 is 4.79 Å². The molecule has 0 aliphatic heterocycles. The van der Waals surface area contributed by atoms with Crippen molar-refractivity contribution in [3.05, 3.63) is 35.4 Å². The van der Waals surface area contributed by atoms with Gasteiger partial charge in [-0.2, -0.15) is 0 Å². The van der Waals surface area contributed by atoms with E-state index in [9.17, 15) is 4.79 Å². The van der Waals surface area contributed by atoms with Crippen LogP contribution >= 0.6 is 0 Å². The van der Waals surface area contributed by atoms with Crippen LogP contribution in [0.25, 0.3) is 0 Å². The van der Waals surface area contributed by atoms with Gasteiger partial charge >= 0.3 is 0 Å². The van der Waals surface area contributed by atoms with E-state index in [1.165, 1.54) is 5.56 Å². The summed E-state index contributed by atoms with van der Waals surface area (Å²) in [6, 6.07) is 7.84. The molecule has 1 aromatic carbocycles. The van der Waals surface area contributed by atoms with Gasteiger partial charge in [0.05, 0.1) is 0 Å². The molecule has 16 heavy (non-hydrogen) atoms. The third-order valence-electron chi connectivity index (χ3n) is 2.87. The normalized spacial score (nSPS) is 12.8. The highest BCUT2D eigenvalue weighted by molar-refractivity contribution is 5.96. The smallest absolute Gasteiger partial charge is 0.164 e. The summed E-state index contributed by atoms with van der Waals surface area (Å²) in [4.78, 5) is 11.8. The van der Waals surface area contributed by atoms with E-state index in [0.29, 0.717) is 12.3 Å². The molecule has 0 aromatic heterocycles. The van der Waals surface area contributed by atoms with E-state index in [1.807, 2.05) is 31.2 Å². The van der Waals surface area contributed by atoms with Gasteiger partial charge < -0.3 is 5.73 Å². The Bertz CT molecular complexity index is 340. The highest BCUT2D eigenvalue weighted by atomic mass is 16.1. The number of hydrogen-bond donors (Lipinski definition) is 1. The molecule has 88 valence electrons. The predicted octanol–water partition coefficient (Wildman–Crippen LogP) is 3.12. The van der Waals surface area contributed by atoms with Crippen LogP contribution in [0.5, 0.6) is 0 Å². The molecule has 0 aliphatic carbocycles. The molecule has 0 saturated carbocycles. The average molecular weight is 219 g/mol. The van der Waals surface area contributed by atoms with Gasteiger partial charge in [0.25, 0.3) is 0 Å². The zero-order chi connectivity index (χ0) is 12.1. The van der Waals surface area contributed by atoms with Gasteiger partial charge in [-0.15, -0.1) is 0 Å². The van der Waals surface area contributed by atoms with Crippen molar-refractivity contribution in [2.75, 3.05) is 0 Å². The van der Waals surface area contributed by atoms with Crippen LogP contribution in [0.2, 0.25) is 0 Å². The Morgan fingerprint density at radius 1 is 1.25 bits per heavy atom. The maximum atomic E-state index is 11.8. The second-order valence-corrected chi connectivity index (χ2v) is 4.57. The van der Waals surface area contributed by atoms with Crippen LogP contribution in [0, 0.1) is 0 Å². The van der Waals surface area contributed by atoms with Crippen molar-refractivity contribution in [2.45, 2.75) is 45.6 Å². The fourth-order valence-corrected chi connectivity index (χ4v) is 1.55. The number of carbonyl (C=O) groups excluding carboxylic acids is 1. The van der Waals surface area contributed by atoms with Crippen molar-refractivity contribution in [3.63, 3.8) is 0 Å². The van der Waals surface area contributed by atoms with Gasteiger partial charge in [-0.1, -0.05) is 45.0 Å². The first-order chi connectivity index (χ1) is 7.54. The fourth-order valence-electron chi connectivity index (χ4n) is 1.55. The van der Waals surface area contributed by atoms with Crippen LogP contribution < -0.4 is 5.73 Å². The monoisotopic (exact) mass is 219 g/mol. The standard InChI is InChI=1S/C14H21NO/c1-4-13(15)9-14(16)12-7-5-11(6-8-12)10(2)3/h5-8,10,13H,4,9,15H2,1-3H3. The molecule has 0 saturated heterocycles. The first-order valence-electron chi connectivity index (χ1n) is 5.93. The lowest BCUT2D eigenvalue weighted by Crippen LogP contribution is -2.22. The SMILES string of the molecule is CCC(N)CC(=O)c1ccc(C(C)C)cc1. The summed E-state index contributed by atoms with van der Waals surface area (Å²) in [5.41, 5.74) is 7.80. The van der Waals surface area contributed by atoms with Crippen molar-refractivity contribution >= 4 is 5.78 Å². The average Bonchev–Trinajstić information content (AvgIpc) is 2.28. The highest BCUT2D eigenvalue weighted by Crippen LogP contribution is 2.15. The lowest BCUT2D eigenvalue weighted by atomic mass is 9.98. The molecular formula is C14H21NO. The second-order valence-electron chi connectivity index (χ2n) is 4.57. The van der Waals surface area contributed by atoms with E-state index in [0.717, 1.165) is 12.0 Å². The largest absolute Gasteiger partial charge is 0.327 e. The molecule has 0 aliphatic rings. The topological polar surface area (TPSA) is 43.1 Å². The number of Topliss-reactive ketones (excluding diaryl/α,β-unsaturated/α-hetero) is 1. The number of nitrogens with two attached hydrogens (primary N) is 1. The number of ketones is 1. The zero-order valence-electron chi connectivity index (χ0n) is 10.4. The maximum Gasteiger partial charge on any atom is 0.164 e. The van der Waals surface area contributed by atoms with Gasteiger partial charge in [0.2, 0.25) is 0 Å². The second kappa shape index (κ2) is 5.80. The van der Waals surface area contributed by atoms with Crippen molar-refractivity contribution in [2.24, 2.45) is 5.73 Å². The Morgan fingerprint density at radius 3 is 2.25 bits per heavy atom. The molecule has 0 amide bonds. The van der Waals surface area contributed by atoms with Gasteiger partial charge in [0.1, 0.15) is 0 Å². The summed E-state index contributed by atoms with van der Waals surface area (Å²) in [7, 11) is 0. The Labute approximate surface area is 97.9 Å². The Hall–Kier alpha value is -1.15. The van der Waals surface area contributed by atoms with E-state index in [4.69, 9.17) is 5.73 Å². The van der Waals surface area contributed by atoms with Gasteiger partial charge in [-0.05, 0) is 17.9 Å². The third-order valence-corrected chi connectivity index (χ3v) is 2.87. The molecule has 2 nitrogen and oxygen atoms in total. The van der Waals surface area contributed by atoms with Crippen LogP contribution in [-0.2, 0) is 0 Å². The fraction of sp³-hybridized carbons (Fsp3) is 0.500. The Kier molecular flexibility index (Phi) is 4.69. The minimum atomic E-state index is -0.0164. The number of carbonyl (C=O) groups is 1. The van der Waals surface area contributed by atoms with Crippen LogP contribution in [0.4, 0.5) is 0 Å². The summed E-state index contributed by atoms with van der Waals surface area (Å²) >= 11 is 0. The van der Waals surface area contributed by atoms with E-state index >= 15 is 0 Å². The van der Waals surface area contributed by atoms with E-state index in [2.05, 4.69) is 13.8 Å². The van der Waals surface area contributed by atoms with Crippen molar-refractivity contribution in [1.82, 2.24) is 0 Å². The maximum absolute atomic E-state index is 11.8. The summed E-state index contributed by atoms with van der Waals surface area (Å²) in [5, 5.41) is 0. The molecule has 0 fully saturated rings. The Balaban J connectivity index is 2.70. The lowest BCUT2D eigenvalue weighted by Gasteiger charge is -2.09. The molecule has 0 heterocycles. The first-order valence-corrected chi connectivity index (χ1v) is 5.93. The summed E-state index contributed by atoms with van der Waals surface area (Å²) in [5.74, 6) is 0.645. The van der Waals surface area contributed by atoms with Crippen LogP contribution in [0.1, 0.15) is 55.5 Å². The molecule has 1 atom stereocenters. The van der Waals surface area contributed by atoms with Gasteiger partial charge in [0, 0.05) is 18.0 Å². The quantitative estimate of drug-likeness (QED) is 0.773. The van der Waals surface area contributed by atoms with Gasteiger partial charge in [-0.3, -0.25) is 4.79 Å². The first kappa shape index (κ1) is 12.9. The summed E-state index contributed by atoms with van der Waals surface area (Å²) in [6.45, 7) is 6.29. The molecule has 0 radical (unpaired) electrons. The van der Waals surface area contributed by atoms with Gasteiger partial charge in [0.15, 0.2) is 5.78 Å². The summed E-state index contributed by atoms with van der Waals surface area (Å²) in [6.07, 6.45) is 1.29. The molecule has 0 bridgehead atoms. The molecule has 1 unspecified atom stereocenters. The minimum absolute atomic E-state index is 0.0164. The van der Waals surface area contributed by atoms with Crippen molar-refractivity contribution in [3.8, 4) is 0 Å². The molecule has 2 heteroatoms. The van der Waals surface area contributed by atoms with Crippen LogP contribution in [0.3, 0.4) is 0 Å². The van der Waals surface area contributed by atoms with Gasteiger partial charge in [-0.25, -0.2) is 0 Å². The molecule has 1 aromatic rings. The molecule has 0 spiro atoms. The van der Waals surface area contributed by atoms with E-state index in [-0.39, 0.29) is 11.8 Å². The molecular weight excluding hydrogens is 198 g/mol. The number of rotatable bonds is 5. The number of hydrogen-bond acceptors (Lipinski definition) is 2.